The van der Waals surface area contributed by atoms with Gasteiger partial charge in [0.15, 0.2) is 0 Å². The zero-order chi connectivity index (χ0) is 40.5. The van der Waals surface area contributed by atoms with Gasteiger partial charge >= 0.3 is 0 Å². The van der Waals surface area contributed by atoms with Crippen LogP contribution in [0.1, 0.15) is 47.2 Å². The standard InChI is InChI=1S/C58H39NOS/c1-57(2)47-25-11-6-19-39(47)42-32-31-37(34-50(42)57)59(52-28-16-24-45-44-23-10-15-30-54(44)61-56(45)52)38-33-46-43-22-9-14-29-53(43)60-55(46)51(35-38)58(36-17-4-3-5-18-36)48-26-12-7-20-40(48)41-21-8-13-27-49(41)58/h3-35H,1-2H3. The Kier molecular flexibility index (Phi) is 7.19. The van der Waals surface area contributed by atoms with Gasteiger partial charge in [-0.1, -0.05) is 172 Å². The van der Waals surface area contributed by atoms with Crippen LogP contribution in [0.2, 0.25) is 0 Å². The Bertz CT molecular complexity index is 3540. The minimum absolute atomic E-state index is 0.165. The zero-order valence-electron chi connectivity index (χ0n) is 33.8. The molecule has 2 aliphatic carbocycles. The second-order valence-corrected chi connectivity index (χ2v) is 18.2. The van der Waals surface area contributed by atoms with E-state index in [1.54, 1.807) is 0 Å². The quantitative estimate of drug-likeness (QED) is 0.172. The number of nitrogens with zero attached hydrogens (tertiary/aromatic N) is 1. The van der Waals surface area contributed by atoms with Gasteiger partial charge in [-0.2, -0.15) is 0 Å². The zero-order valence-corrected chi connectivity index (χ0v) is 34.6. The number of benzene rings is 9. The van der Waals surface area contributed by atoms with Crippen molar-refractivity contribution in [2.75, 3.05) is 4.90 Å². The fourth-order valence-corrected chi connectivity index (χ4v) is 12.3. The molecule has 2 nitrogen and oxygen atoms in total. The molecule has 2 aliphatic rings. The molecule has 2 heterocycles. The van der Waals surface area contributed by atoms with Crippen LogP contribution in [0, 0.1) is 0 Å². The van der Waals surface area contributed by atoms with E-state index in [0.29, 0.717) is 0 Å². The number of para-hydroxylation sites is 1. The van der Waals surface area contributed by atoms with Crippen LogP contribution < -0.4 is 4.90 Å². The van der Waals surface area contributed by atoms with Crippen molar-refractivity contribution in [2.24, 2.45) is 0 Å². The third kappa shape index (κ3) is 4.67. The highest BCUT2D eigenvalue weighted by Crippen LogP contribution is 2.59. The van der Waals surface area contributed by atoms with E-state index in [1.807, 2.05) is 11.3 Å². The maximum absolute atomic E-state index is 7.14. The molecule has 0 unspecified atom stereocenters. The maximum Gasteiger partial charge on any atom is 0.140 e. The van der Waals surface area contributed by atoms with Crippen LogP contribution in [0.5, 0.6) is 0 Å². The molecule has 0 amide bonds. The van der Waals surface area contributed by atoms with Gasteiger partial charge in [0.25, 0.3) is 0 Å². The number of rotatable bonds is 5. The molecule has 3 heteroatoms. The summed E-state index contributed by atoms with van der Waals surface area (Å²) in [6.07, 6.45) is 0. The Labute approximate surface area is 358 Å². The van der Waals surface area contributed by atoms with Crippen LogP contribution in [0.15, 0.2) is 205 Å². The smallest absolute Gasteiger partial charge is 0.140 e. The van der Waals surface area contributed by atoms with Crippen LogP contribution >= 0.6 is 11.3 Å². The van der Waals surface area contributed by atoms with Crippen molar-refractivity contribution in [3.63, 3.8) is 0 Å². The lowest BCUT2D eigenvalue weighted by Crippen LogP contribution is -2.29. The molecule has 9 aromatic carbocycles. The first-order chi connectivity index (χ1) is 30.0. The summed E-state index contributed by atoms with van der Waals surface area (Å²) >= 11 is 1.88. The molecule has 0 radical (unpaired) electrons. The highest BCUT2D eigenvalue weighted by molar-refractivity contribution is 7.26. The number of thiophene rings is 1. The largest absolute Gasteiger partial charge is 0.456 e. The Morgan fingerprint density at radius 2 is 1.02 bits per heavy atom. The molecule has 0 bridgehead atoms. The van der Waals surface area contributed by atoms with Gasteiger partial charge < -0.3 is 9.32 Å². The topological polar surface area (TPSA) is 16.4 Å². The Hall–Kier alpha value is -7.20. The highest BCUT2D eigenvalue weighted by atomic mass is 32.1. The van der Waals surface area contributed by atoms with Gasteiger partial charge in [0, 0.05) is 48.6 Å². The molecule has 0 fully saturated rings. The van der Waals surface area contributed by atoms with Gasteiger partial charge in [0.2, 0.25) is 0 Å². The van der Waals surface area contributed by atoms with Crippen molar-refractivity contribution in [1.82, 2.24) is 0 Å². The van der Waals surface area contributed by atoms with E-state index in [2.05, 4.69) is 219 Å². The molecule has 0 aliphatic heterocycles. The first-order valence-electron chi connectivity index (χ1n) is 21.2. The Morgan fingerprint density at radius 1 is 0.426 bits per heavy atom. The van der Waals surface area contributed by atoms with Crippen molar-refractivity contribution >= 4 is 70.5 Å². The SMILES string of the molecule is CC1(C)c2ccccc2-c2ccc(N(c3cc(C4(c5ccccc5)c5ccccc5-c5ccccc54)c4oc5ccccc5c4c3)c3cccc4c3sc3ccccc34)cc21. The van der Waals surface area contributed by atoms with Crippen LogP contribution in [-0.2, 0) is 10.8 Å². The lowest BCUT2D eigenvalue weighted by atomic mass is 9.67. The summed E-state index contributed by atoms with van der Waals surface area (Å²) in [5.41, 5.74) is 17.0. The van der Waals surface area contributed by atoms with Gasteiger partial charge in [-0.3, -0.25) is 0 Å². The van der Waals surface area contributed by atoms with Gasteiger partial charge in [0.1, 0.15) is 11.2 Å². The molecule has 2 aromatic heterocycles. The summed E-state index contributed by atoms with van der Waals surface area (Å²) in [6, 6.07) is 74.2. The minimum Gasteiger partial charge on any atom is -0.456 e. The second-order valence-electron chi connectivity index (χ2n) is 17.2. The minimum atomic E-state index is -0.673. The summed E-state index contributed by atoms with van der Waals surface area (Å²) < 4.78 is 9.69. The number of fused-ring (bicyclic) bond motifs is 12. The predicted octanol–water partition coefficient (Wildman–Crippen LogP) is 16.1. The van der Waals surface area contributed by atoms with Gasteiger partial charge in [-0.25, -0.2) is 0 Å². The Morgan fingerprint density at radius 3 is 1.79 bits per heavy atom. The summed E-state index contributed by atoms with van der Waals surface area (Å²) in [4.78, 5) is 2.53. The molecule has 61 heavy (non-hydrogen) atoms. The van der Waals surface area contributed by atoms with Crippen LogP contribution in [0.3, 0.4) is 0 Å². The molecular weight excluding hydrogens is 759 g/mol. The van der Waals surface area contributed by atoms with Crippen LogP contribution in [0.4, 0.5) is 17.1 Å². The molecule has 0 spiro atoms. The third-order valence-electron chi connectivity index (χ3n) is 13.7. The monoisotopic (exact) mass is 797 g/mol. The van der Waals surface area contributed by atoms with Crippen LogP contribution in [0.25, 0.3) is 64.4 Å². The number of anilines is 3. The van der Waals surface area contributed by atoms with E-state index in [9.17, 15) is 0 Å². The van der Waals surface area contributed by atoms with Gasteiger partial charge in [-0.05, 0) is 92.5 Å². The van der Waals surface area contributed by atoms with E-state index in [4.69, 9.17) is 4.42 Å². The predicted molar refractivity (Wildman–Crippen MR) is 256 cm³/mol. The second kappa shape index (κ2) is 12.7. The van der Waals surface area contributed by atoms with Gasteiger partial charge in [-0.15, -0.1) is 11.3 Å². The first kappa shape index (κ1) is 34.6. The summed E-state index contributed by atoms with van der Waals surface area (Å²) in [5, 5.41) is 4.76. The molecule has 0 atom stereocenters. The van der Waals surface area contributed by atoms with Crippen molar-refractivity contribution in [2.45, 2.75) is 24.7 Å². The number of furan rings is 1. The number of hydrogen-bond donors (Lipinski definition) is 0. The Balaban J connectivity index is 1.18. The molecule has 288 valence electrons. The molecular formula is C58H39NOS. The maximum atomic E-state index is 7.14. The average molecular weight is 798 g/mol. The molecule has 13 rings (SSSR count). The number of hydrogen-bond acceptors (Lipinski definition) is 3. The summed E-state index contributed by atoms with van der Waals surface area (Å²) in [7, 11) is 0. The lowest BCUT2D eigenvalue weighted by molar-refractivity contribution is 0.648. The van der Waals surface area contributed by atoms with Crippen molar-refractivity contribution in [3.05, 3.63) is 234 Å². The van der Waals surface area contributed by atoms with Crippen molar-refractivity contribution in [1.29, 1.82) is 0 Å². The third-order valence-corrected chi connectivity index (χ3v) is 14.9. The summed E-state index contributed by atoms with van der Waals surface area (Å²) in [6.45, 7) is 4.75. The van der Waals surface area contributed by atoms with Crippen molar-refractivity contribution < 1.29 is 4.42 Å². The van der Waals surface area contributed by atoms with Crippen molar-refractivity contribution in [3.8, 4) is 22.3 Å². The average Bonchev–Trinajstić information content (AvgIpc) is 4.03. The van der Waals surface area contributed by atoms with E-state index < -0.39 is 5.41 Å². The van der Waals surface area contributed by atoms with E-state index in [1.165, 1.54) is 70.2 Å². The fraction of sp³-hybridized carbons (Fsp3) is 0.0690. The molecule has 0 saturated carbocycles. The highest BCUT2D eigenvalue weighted by Gasteiger charge is 2.48. The van der Waals surface area contributed by atoms with E-state index in [0.717, 1.165) is 44.6 Å². The first-order valence-corrected chi connectivity index (χ1v) is 22.0. The van der Waals surface area contributed by atoms with E-state index >= 15 is 0 Å². The van der Waals surface area contributed by atoms with Gasteiger partial charge in [0.05, 0.1) is 15.8 Å². The van der Waals surface area contributed by atoms with E-state index in [-0.39, 0.29) is 5.41 Å². The summed E-state index contributed by atoms with van der Waals surface area (Å²) in [5.74, 6) is 0. The molecule has 11 aromatic rings. The van der Waals surface area contributed by atoms with Crippen LogP contribution in [-0.4, -0.2) is 0 Å². The normalized spacial score (nSPS) is 14.3. The fourth-order valence-electron chi connectivity index (χ4n) is 11.1. The molecule has 0 N–H and O–H groups in total. The lowest BCUT2D eigenvalue weighted by Gasteiger charge is -2.35. The molecule has 0 saturated heterocycles.